The van der Waals surface area contributed by atoms with E-state index in [1.807, 2.05) is 24.3 Å². The summed E-state index contributed by atoms with van der Waals surface area (Å²) in [5, 5.41) is 13.1. The summed E-state index contributed by atoms with van der Waals surface area (Å²) in [4.78, 5) is 4.16. The van der Waals surface area contributed by atoms with Crippen LogP contribution in [-0.2, 0) is 0 Å². The Kier molecular flexibility index (Phi) is 8.28. The molecule has 0 saturated heterocycles. The molecule has 0 heterocycles. The van der Waals surface area contributed by atoms with E-state index in [9.17, 15) is 5.11 Å². The number of unbranched alkanes of at least 4 members (excludes halogenated alkanes) is 3. The Hall–Kier alpha value is -1.75. The first-order chi connectivity index (χ1) is 10.2. The van der Waals surface area contributed by atoms with Crippen LogP contribution in [0.2, 0.25) is 0 Å². The molecule has 0 aromatic heterocycles. The van der Waals surface area contributed by atoms with Crippen molar-refractivity contribution in [1.82, 2.24) is 5.32 Å². The van der Waals surface area contributed by atoms with Crippen molar-refractivity contribution in [3.63, 3.8) is 0 Å². The molecular formula is C16H27N3O2. The molecule has 1 rings (SSSR count). The summed E-state index contributed by atoms with van der Waals surface area (Å²) >= 11 is 0. The molecule has 0 amide bonds. The Labute approximate surface area is 127 Å². The SMILES string of the molecule is CCCCCCNC(N)=NCC(O)c1ccc(OC)cc1. The third kappa shape index (κ3) is 6.99. The number of aliphatic imine (C=N–C) groups is 1. The van der Waals surface area contributed by atoms with Gasteiger partial charge in [-0.1, -0.05) is 38.3 Å². The number of guanidine groups is 1. The second kappa shape index (κ2) is 10.0. The fraction of sp³-hybridized carbons (Fsp3) is 0.562. The number of nitrogens with one attached hydrogen (secondary N) is 1. The molecule has 1 unspecified atom stereocenters. The predicted molar refractivity (Wildman–Crippen MR) is 86.6 cm³/mol. The first-order valence-corrected chi connectivity index (χ1v) is 7.53. The zero-order chi connectivity index (χ0) is 15.5. The number of nitrogens with two attached hydrogens (primary N) is 1. The molecular weight excluding hydrogens is 266 g/mol. The van der Waals surface area contributed by atoms with Gasteiger partial charge in [0, 0.05) is 6.54 Å². The number of benzene rings is 1. The fourth-order valence-electron chi connectivity index (χ4n) is 1.94. The summed E-state index contributed by atoms with van der Waals surface area (Å²) in [7, 11) is 1.61. The van der Waals surface area contributed by atoms with Gasteiger partial charge in [0.2, 0.25) is 0 Å². The van der Waals surface area contributed by atoms with Crippen LogP contribution in [0.1, 0.15) is 44.3 Å². The van der Waals surface area contributed by atoms with Crippen LogP contribution in [0.3, 0.4) is 0 Å². The van der Waals surface area contributed by atoms with Crippen molar-refractivity contribution in [2.24, 2.45) is 10.7 Å². The summed E-state index contributed by atoms with van der Waals surface area (Å²) in [6.07, 6.45) is 4.10. The highest BCUT2D eigenvalue weighted by atomic mass is 16.5. The van der Waals surface area contributed by atoms with Gasteiger partial charge in [0.15, 0.2) is 5.96 Å². The van der Waals surface area contributed by atoms with Crippen LogP contribution in [0.15, 0.2) is 29.3 Å². The Morgan fingerprint density at radius 1 is 1.29 bits per heavy atom. The Morgan fingerprint density at radius 3 is 2.62 bits per heavy atom. The molecule has 5 heteroatoms. The van der Waals surface area contributed by atoms with Gasteiger partial charge in [-0.3, -0.25) is 4.99 Å². The highest BCUT2D eigenvalue weighted by Gasteiger charge is 2.06. The monoisotopic (exact) mass is 293 g/mol. The van der Waals surface area contributed by atoms with Crippen LogP contribution in [0, 0.1) is 0 Å². The average molecular weight is 293 g/mol. The number of hydrogen-bond donors (Lipinski definition) is 3. The maximum atomic E-state index is 10.0. The van der Waals surface area contributed by atoms with E-state index in [0.717, 1.165) is 24.3 Å². The molecule has 0 spiro atoms. The van der Waals surface area contributed by atoms with Crippen LogP contribution in [0.25, 0.3) is 0 Å². The smallest absolute Gasteiger partial charge is 0.188 e. The fourth-order valence-corrected chi connectivity index (χ4v) is 1.94. The minimum atomic E-state index is -0.656. The second-order valence-corrected chi connectivity index (χ2v) is 5.00. The average Bonchev–Trinajstić information content (AvgIpc) is 2.52. The van der Waals surface area contributed by atoms with Gasteiger partial charge >= 0.3 is 0 Å². The first kappa shape index (κ1) is 17.3. The van der Waals surface area contributed by atoms with Gasteiger partial charge in [0.1, 0.15) is 5.75 Å². The molecule has 1 aromatic rings. The summed E-state index contributed by atoms with van der Waals surface area (Å²) in [5.74, 6) is 1.15. The Bertz CT molecular complexity index is 418. The molecule has 118 valence electrons. The third-order valence-corrected chi connectivity index (χ3v) is 3.27. The summed E-state index contributed by atoms with van der Waals surface area (Å²) < 4.78 is 5.08. The van der Waals surface area contributed by atoms with Gasteiger partial charge in [-0.15, -0.1) is 0 Å². The van der Waals surface area contributed by atoms with E-state index < -0.39 is 6.10 Å². The lowest BCUT2D eigenvalue weighted by molar-refractivity contribution is 0.187. The zero-order valence-electron chi connectivity index (χ0n) is 13.0. The standard InChI is InChI=1S/C16H27N3O2/c1-3-4-5-6-11-18-16(17)19-12-15(20)13-7-9-14(21-2)10-8-13/h7-10,15,20H,3-6,11-12H2,1-2H3,(H3,17,18,19). The van der Waals surface area contributed by atoms with Gasteiger partial charge in [0.25, 0.3) is 0 Å². The van der Waals surface area contributed by atoms with Gasteiger partial charge < -0.3 is 20.9 Å². The summed E-state index contributed by atoms with van der Waals surface area (Å²) in [5.41, 5.74) is 6.57. The van der Waals surface area contributed by atoms with Crippen molar-refractivity contribution >= 4 is 5.96 Å². The Balaban J connectivity index is 2.32. The number of nitrogens with zero attached hydrogens (tertiary/aromatic N) is 1. The Morgan fingerprint density at radius 2 is 2.00 bits per heavy atom. The number of aliphatic hydroxyl groups excluding tert-OH is 1. The lowest BCUT2D eigenvalue weighted by Crippen LogP contribution is -2.32. The second-order valence-electron chi connectivity index (χ2n) is 5.00. The van der Waals surface area contributed by atoms with Crippen molar-refractivity contribution in [2.75, 3.05) is 20.2 Å². The van der Waals surface area contributed by atoms with E-state index in [1.165, 1.54) is 19.3 Å². The van der Waals surface area contributed by atoms with E-state index in [4.69, 9.17) is 10.5 Å². The maximum absolute atomic E-state index is 10.0. The number of rotatable bonds is 9. The topological polar surface area (TPSA) is 79.9 Å². The van der Waals surface area contributed by atoms with Gasteiger partial charge in [-0.25, -0.2) is 0 Å². The van der Waals surface area contributed by atoms with Crippen LogP contribution < -0.4 is 15.8 Å². The summed E-state index contributed by atoms with van der Waals surface area (Å²) in [6.45, 7) is 3.26. The molecule has 1 aromatic carbocycles. The van der Waals surface area contributed by atoms with Crippen molar-refractivity contribution in [3.8, 4) is 5.75 Å². The molecule has 0 bridgehead atoms. The minimum Gasteiger partial charge on any atom is -0.497 e. The van der Waals surface area contributed by atoms with Crippen molar-refractivity contribution in [1.29, 1.82) is 0 Å². The van der Waals surface area contributed by atoms with Crippen molar-refractivity contribution < 1.29 is 9.84 Å². The van der Waals surface area contributed by atoms with Gasteiger partial charge in [-0.05, 0) is 24.1 Å². The highest BCUT2D eigenvalue weighted by molar-refractivity contribution is 5.77. The first-order valence-electron chi connectivity index (χ1n) is 7.53. The molecule has 0 aliphatic carbocycles. The van der Waals surface area contributed by atoms with Crippen molar-refractivity contribution in [3.05, 3.63) is 29.8 Å². The molecule has 21 heavy (non-hydrogen) atoms. The molecule has 0 saturated carbocycles. The normalized spacial score (nSPS) is 13.0. The lowest BCUT2D eigenvalue weighted by atomic mass is 10.1. The van der Waals surface area contributed by atoms with E-state index >= 15 is 0 Å². The van der Waals surface area contributed by atoms with Gasteiger partial charge in [-0.2, -0.15) is 0 Å². The molecule has 5 nitrogen and oxygen atoms in total. The van der Waals surface area contributed by atoms with E-state index in [1.54, 1.807) is 7.11 Å². The molecule has 4 N–H and O–H groups in total. The number of hydrogen-bond acceptors (Lipinski definition) is 3. The largest absolute Gasteiger partial charge is 0.497 e. The van der Waals surface area contributed by atoms with Crippen LogP contribution in [0.4, 0.5) is 0 Å². The van der Waals surface area contributed by atoms with E-state index in [2.05, 4.69) is 17.2 Å². The molecule has 0 aliphatic rings. The zero-order valence-corrected chi connectivity index (χ0v) is 13.0. The predicted octanol–water partition coefficient (Wildman–Crippen LogP) is 2.21. The molecule has 0 fully saturated rings. The molecule has 1 atom stereocenters. The van der Waals surface area contributed by atoms with Crippen molar-refractivity contribution in [2.45, 2.75) is 38.7 Å². The van der Waals surface area contributed by atoms with Gasteiger partial charge in [0.05, 0.1) is 19.8 Å². The van der Waals surface area contributed by atoms with Crippen LogP contribution in [-0.4, -0.2) is 31.3 Å². The molecule has 0 radical (unpaired) electrons. The maximum Gasteiger partial charge on any atom is 0.188 e. The van der Waals surface area contributed by atoms with E-state index in [-0.39, 0.29) is 6.54 Å². The third-order valence-electron chi connectivity index (χ3n) is 3.27. The van der Waals surface area contributed by atoms with Crippen LogP contribution in [0.5, 0.6) is 5.75 Å². The number of ether oxygens (including phenoxy) is 1. The summed E-state index contributed by atoms with van der Waals surface area (Å²) in [6, 6.07) is 7.29. The number of methoxy groups -OCH3 is 1. The van der Waals surface area contributed by atoms with Crippen LogP contribution >= 0.6 is 0 Å². The lowest BCUT2D eigenvalue weighted by Gasteiger charge is -2.10. The quantitative estimate of drug-likeness (QED) is 0.370. The number of aliphatic hydroxyl groups is 1. The molecule has 0 aliphatic heterocycles. The highest BCUT2D eigenvalue weighted by Crippen LogP contribution is 2.17. The van der Waals surface area contributed by atoms with E-state index in [0.29, 0.717) is 5.96 Å². The minimum absolute atomic E-state index is 0.250.